The fraction of sp³-hybridized carbons (Fsp3) is 0.765. The van der Waals surface area contributed by atoms with Gasteiger partial charge in [-0.15, -0.1) is 0 Å². The van der Waals surface area contributed by atoms with Gasteiger partial charge in [0.25, 0.3) is 0 Å². The molecule has 0 spiro atoms. The van der Waals surface area contributed by atoms with Crippen LogP contribution in [0.1, 0.15) is 64.6 Å². The summed E-state index contributed by atoms with van der Waals surface area (Å²) in [6, 6.07) is 2.88. The van der Waals surface area contributed by atoms with Crippen LogP contribution in [-0.4, -0.2) is 38.7 Å². The maximum Gasteiger partial charge on any atom is 0.239 e. The molecule has 1 aromatic heterocycles. The van der Waals surface area contributed by atoms with Crippen molar-refractivity contribution < 1.29 is 4.79 Å². The quantitative estimate of drug-likeness (QED) is 0.933. The number of nitrogens with zero attached hydrogens (tertiary/aromatic N) is 3. The van der Waals surface area contributed by atoms with E-state index in [1.165, 1.54) is 12.1 Å². The van der Waals surface area contributed by atoms with Gasteiger partial charge in [0.15, 0.2) is 0 Å². The van der Waals surface area contributed by atoms with E-state index in [0.29, 0.717) is 12.1 Å². The minimum absolute atomic E-state index is 0.144. The largest absolute Gasteiger partial charge is 0.336 e. The molecule has 5 nitrogen and oxygen atoms in total. The summed E-state index contributed by atoms with van der Waals surface area (Å²) in [6.07, 6.45) is 7.53. The average Bonchev–Trinajstić information content (AvgIpc) is 2.96. The van der Waals surface area contributed by atoms with E-state index in [1.807, 2.05) is 13.1 Å². The van der Waals surface area contributed by atoms with Crippen molar-refractivity contribution in [2.75, 3.05) is 0 Å². The molecule has 2 aliphatic heterocycles. The van der Waals surface area contributed by atoms with Crippen LogP contribution < -0.4 is 5.32 Å². The Balaban J connectivity index is 1.67. The van der Waals surface area contributed by atoms with Crippen molar-refractivity contribution in [3.05, 3.63) is 18.0 Å². The van der Waals surface area contributed by atoms with Crippen molar-refractivity contribution in [2.24, 2.45) is 0 Å². The Labute approximate surface area is 133 Å². The molecule has 1 fully saturated rings. The minimum atomic E-state index is -0.144. The molecule has 0 bridgehead atoms. The molecule has 122 valence electrons. The second kappa shape index (κ2) is 6.41. The summed E-state index contributed by atoms with van der Waals surface area (Å²) in [6.45, 7) is 7.35. The van der Waals surface area contributed by atoms with Gasteiger partial charge in [-0.05, 0) is 58.9 Å². The molecule has 5 heteroatoms. The molecule has 1 saturated heterocycles. The topological polar surface area (TPSA) is 50.2 Å². The predicted octanol–water partition coefficient (Wildman–Crippen LogP) is 2.49. The summed E-state index contributed by atoms with van der Waals surface area (Å²) in [4.78, 5) is 15.0. The van der Waals surface area contributed by atoms with Crippen LogP contribution in [0.3, 0.4) is 0 Å². The number of aryl methyl sites for hydroxylation is 1. The first-order chi connectivity index (χ1) is 10.6. The van der Waals surface area contributed by atoms with E-state index in [1.54, 1.807) is 0 Å². The van der Waals surface area contributed by atoms with Gasteiger partial charge < -0.3 is 4.90 Å². The summed E-state index contributed by atoms with van der Waals surface area (Å²) in [7, 11) is 0. The van der Waals surface area contributed by atoms with Gasteiger partial charge in [0, 0.05) is 30.9 Å². The first-order valence-corrected chi connectivity index (χ1v) is 8.68. The molecule has 22 heavy (non-hydrogen) atoms. The second-order valence-corrected chi connectivity index (χ2v) is 6.94. The molecule has 0 radical (unpaired) electrons. The number of likely N-dealkylation sites (tertiary alicyclic amines) is 1. The molecular formula is C17H28N4O. The van der Waals surface area contributed by atoms with E-state index < -0.39 is 0 Å². The van der Waals surface area contributed by atoms with E-state index in [4.69, 9.17) is 0 Å². The zero-order valence-electron chi connectivity index (χ0n) is 14.0. The highest BCUT2D eigenvalue weighted by Crippen LogP contribution is 2.26. The molecule has 3 heterocycles. The standard InChI is InChI=1S/C17H28N4O/c1-12-6-4-7-13(2)21(12)17(22)14(3)19-15-8-5-11-20-16(15)9-10-18-20/h9-10,12-15,19H,4-8,11H2,1-3H3. The maximum atomic E-state index is 12.9. The zero-order chi connectivity index (χ0) is 15.7. The Morgan fingerprint density at radius 3 is 2.73 bits per heavy atom. The van der Waals surface area contributed by atoms with E-state index >= 15 is 0 Å². The summed E-state index contributed by atoms with van der Waals surface area (Å²) in [5, 5.41) is 7.90. The Morgan fingerprint density at radius 2 is 2.00 bits per heavy atom. The third kappa shape index (κ3) is 2.91. The van der Waals surface area contributed by atoms with Crippen molar-refractivity contribution >= 4 is 5.91 Å². The van der Waals surface area contributed by atoms with Crippen LogP contribution in [-0.2, 0) is 11.3 Å². The van der Waals surface area contributed by atoms with Crippen molar-refractivity contribution in [1.29, 1.82) is 0 Å². The normalized spacial score (nSPS) is 30.0. The summed E-state index contributed by atoms with van der Waals surface area (Å²) < 4.78 is 2.06. The fourth-order valence-corrected chi connectivity index (χ4v) is 4.04. The number of carbonyl (C=O) groups is 1. The van der Waals surface area contributed by atoms with Gasteiger partial charge in [0.05, 0.1) is 11.7 Å². The lowest BCUT2D eigenvalue weighted by atomic mass is 9.96. The first-order valence-electron chi connectivity index (χ1n) is 8.68. The molecule has 0 saturated carbocycles. The zero-order valence-corrected chi connectivity index (χ0v) is 14.0. The van der Waals surface area contributed by atoms with Crippen LogP contribution in [0.25, 0.3) is 0 Å². The Bertz CT molecular complexity index is 516. The molecule has 1 N–H and O–H groups in total. The smallest absolute Gasteiger partial charge is 0.239 e. The lowest BCUT2D eigenvalue weighted by Crippen LogP contribution is -2.54. The Kier molecular flexibility index (Phi) is 4.52. The van der Waals surface area contributed by atoms with Crippen LogP contribution in [0.2, 0.25) is 0 Å². The van der Waals surface area contributed by atoms with Crippen LogP contribution >= 0.6 is 0 Å². The molecule has 0 aliphatic carbocycles. The summed E-state index contributed by atoms with van der Waals surface area (Å²) in [5.41, 5.74) is 1.21. The predicted molar refractivity (Wildman–Crippen MR) is 86.4 cm³/mol. The number of rotatable bonds is 3. The molecule has 3 rings (SSSR count). The number of nitrogens with one attached hydrogen (secondary N) is 1. The number of amides is 1. The SMILES string of the molecule is CC(NC1CCCn2nccc21)C(=O)N1C(C)CCCC1C. The highest BCUT2D eigenvalue weighted by atomic mass is 16.2. The Morgan fingerprint density at radius 1 is 1.27 bits per heavy atom. The molecule has 4 unspecified atom stereocenters. The van der Waals surface area contributed by atoms with Gasteiger partial charge >= 0.3 is 0 Å². The number of aromatic nitrogens is 2. The third-order valence-electron chi connectivity index (χ3n) is 5.24. The average molecular weight is 304 g/mol. The molecule has 1 aromatic rings. The van der Waals surface area contributed by atoms with E-state index in [-0.39, 0.29) is 18.0 Å². The van der Waals surface area contributed by atoms with Crippen molar-refractivity contribution in [3.63, 3.8) is 0 Å². The Hall–Kier alpha value is -1.36. The van der Waals surface area contributed by atoms with Gasteiger partial charge in [-0.1, -0.05) is 0 Å². The van der Waals surface area contributed by atoms with Crippen LogP contribution in [0, 0.1) is 0 Å². The summed E-state index contributed by atoms with van der Waals surface area (Å²) in [5.74, 6) is 0.247. The first kappa shape index (κ1) is 15.5. The van der Waals surface area contributed by atoms with Gasteiger partial charge in [-0.3, -0.25) is 14.8 Å². The van der Waals surface area contributed by atoms with Crippen molar-refractivity contribution in [2.45, 2.75) is 83.6 Å². The van der Waals surface area contributed by atoms with E-state index in [0.717, 1.165) is 32.2 Å². The fourth-order valence-electron chi connectivity index (χ4n) is 4.04. The van der Waals surface area contributed by atoms with Gasteiger partial charge in [-0.2, -0.15) is 5.10 Å². The van der Waals surface area contributed by atoms with Crippen molar-refractivity contribution in [3.8, 4) is 0 Å². The monoisotopic (exact) mass is 304 g/mol. The lowest BCUT2D eigenvalue weighted by molar-refractivity contribution is -0.139. The number of piperidine rings is 1. The van der Waals surface area contributed by atoms with Gasteiger partial charge in [-0.25, -0.2) is 0 Å². The number of fused-ring (bicyclic) bond motifs is 1. The number of hydrogen-bond donors (Lipinski definition) is 1. The maximum absolute atomic E-state index is 12.9. The van der Waals surface area contributed by atoms with Gasteiger partial charge in [0.2, 0.25) is 5.91 Å². The third-order valence-corrected chi connectivity index (χ3v) is 5.24. The molecule has 0 aromatic carbocycles. The molecular weight excluding hydrogens is 276 g/mol. The lowest BCUT2D eigenvalue weighted by Gasteiger charge is -2.41. The minimum Gasteiger partial charge on any atom is -0.336 e. The van der Waals surface area contributed by atoms with Crippen molar-refractivity contribution in [1.82, 2.24) is 20.0 Å². The molecule has 1 amide bonds. The summed E-state index contributed by atoms with van der Waals surface area (Å²) >= 11 is 0. The highest BCUT2D eigenvalue weighted by Gasteiger charge is 2.33. The second-order valence-electron chi connectivity index (χ2n) is 6.94. The van der Waals surface area contributed by atoms with Crippen LogP contribution in [0.15, 0.2) is 12.3 Å². The van der Waals surface area contributed by atoms with Gasteiger partial charge in [0.1, 0.15) is 0 Å². The van der Waals surface area contributed by atoms with Crippen LogP contribution in [0.4, 0.5) is 0 Å². The van der Waals surface area contributed by atoms with Crippen LogP contribution in [0.5, 0.6) is 0 Å². The molecule has 2 aliphatic rings. The highest BCUT2D eigenvalue weighted by molar-refractivity contribution is 5.82. The van der Waals surface area contributed by atoms with E-state index in [9.17, 15) is 4.79 Å². The van der Waals surface area contributed by atoms with E-state index in [2.05, 4.69) is 39.9 Å². The molecule has 4 atom stereocenters. The number of carbonyl (C=O) groups excluding carboxylic acids is 1. The number of hydrogen-bond acceptors (Lipinski definition) is 3.